The third kappa shape index (κ3) is 4.75. The lowest BCUT2D eigenvalue weighted by Crippen LogP contribution is -2.52. The lowest BCUT2D eigenvalue weighted by atomic mass is 10.1. The van der Waals surface area contributed by atoms with Gasteiger partial charge in [-0.05, 0) is 50.5 Å². The van der Waals surface area contributed by atoms with Crippen LogP contribution in [0.5, 0.6) is 5.75 Å². The van der Waals surface area contributed by atoms with Crippen LogP contribution in [0, 0.1) is 0 Å². The number of carbonyl (C=O) groups is 2. The molecule has 0 aliphatic carbocycles. The van der Waals surface area contributed by atoms with E-state index in [1.54, 1.807) is 0 Å². The van der Waals surface area contributed by atoms with Gasteiger partial charge in [0.1, 0.15) is 5.75 Å². The number of hydrogen-bond donors (Lipinski definition) is 0. The minimum atomic E-state index is 0.0510. The van der Waals surface area contributed by atoms with Crippen molar-refractivity contribution in [3.05, 3.63) is 29.8 Å². The molecule has 0 radical (unpaired) electrons. The van der Waals surface area contributed by atoms with E-state index in [1.165, 1.54) is 6.42 Å². The van der Waals surface area contributed by atoms with Gasteiger partial charge in [0.25, 0.3) is 5.91 Å². The zero-order chi connectivity index (χ0) is 18.4. The van der Waals surface area contributed by atoms with Crippen LogP contribution in [0.3, 0.4) is 0 Å². The lowest BCUT2D eigenvalue weighted by Gasteiger charge is -2.36. The van der Waals surface area contributed by atoms with Gasteiger partial charge in [0, 0.05) is 44.8 Å². The number of ether oxygens (including phenoxy) is 1. The molecule has 0 unspecified atom stereocenters. The quantitative estimate of drug-likeness (QED) is 0.805. The molecule has 6 heteroatoms. The van der Waals surface area contributed by atoms with Gasteiger partial charge in [-0.1, -0.05) is 0 Å². The largest absolute Gasteiger partial charge is 0.494 e. The molecule has 0 spiro atoms. The number of rotatable bonds is 5. The summed E-state index contributed by atoms with van der Waals surface area (Å²) in [5.41, 5.74) is 0.686. The zero-order valence-corrected chi connectivity index (χ0v) is 15.7. The van der Waals surface area contributed by atoms with Gasteiger partial charge in [-0.25, -0.2) is 0 Å². The number of benzene rings is 1. The second-order valence-electron chi connectivity index (χ2n) is 6.97. The summed E-state index contributed by atoms with van der Waals surface area (Å²) in [6, 6.07) is 7.31. The third-order valence-electron chi connectivity index (χ3n) is 5.14. The standard InChI is InChI=1S/C20H29N3O3/c1-2-26-18-8-6-17(7-9-18)20(25)23-14-12-21(13-15-23)16-19(24)22-10-4-3-5-11-22/h6-9H,2-5,10-16H2,1H3. The molecule has 142 valence electrons. The van der Waals surface area contributed by atoms with Gasteiger partial charge in [0.05, 0.1) is 13.2 Å². The first-order valence-corrected chi connectivity index (χ1v) is 9.69. The molecule has 0 aromatic heterocycles. The van der Waals surface area contributed by atoms with E-state index in [1.807, 2.05) is 41.0 Å². The topological polar surface area (TPSA) is 53.1 Å². The van der Waals surface area contributed by atoms with E-state index in [0.717, 1.165) is 44.8 Å². The second-order valence-corrected chi connectivity index (χ2v) is 6.97. The average molecular weight is 359 g/mol. The molecule has 6 nitrogen and oxygen atoms in total. The van der Waals surface area contributed by atoms with Crippen LogP contribution < -0.4 is 4.74 Å². The summed E-state index contributed by atoms with van der Waals surface area (Å²) in [4.78, 5) is 31.0. The molecule has 2 fully saturated rings. The van der Waals surface area contributed by atoms with Crippen molar-refractivity contribution in [1.82, 2.24) is 14.7 Å². The number of carbonyl (C=O) groups excluding carboxylic acids is 2. The molecular formula is C20H29N3O3. The highest BCUT2D eigenvalue weighted by molar-refractivity contribution is 5.94. The van der Waals surface area contributed by atoms with Crippen molar-refractivity contribution in [2.75, 3.05) is 52.4 Å². The first-order chi connectivity index (χ1) is 12.7. The summed E-state index contributed by atoms with van der Waals surface area (Å²) in [7, 11) is 0. The molecule has 2 aliphatic rings. The van der Waals surface area contributed by atoms with Crippen molar-refractivity contribution in [2.24, 2.45) is 0 Å². The molecule has 0 bridgehead atoms. The number of likely N-dealkylation sites (tertiary alicyclic amines) is 1. The first kappa shape index (κ1) is 18.7. The third-order valence-corrected chi connectivity index (χ3v) is 5.14. The number of amides is 2. The van der Waals surface area contributed by atoms with Gasteiger partial charge in [0.2, 0.25) is 5.91 Å². The van der Waals surface area contributed by atoms with E-state index >= 15 is 0 Å². The minimum Gasteiger partial charge on any atom is -0.494 e. The van der Waals surface area contributed by atoms with Crippen LogP contribution in [0.15, 0.2) is 24.3 Å². The molecule has 0 atom stereocenters. The predicted octanol–water partition coefficient (Wildman–Crippen LogP) is 1.86. The second kappa shape index (κ2) is 9.03. The number of nitrogens with zero attached hydrogens (tertiary/aromatic N) is 3. The van der Waals surface area contributed by atoms with Gasteiger partial charge in [-0.2, -0.15) is 0 Å². The summed E-state index contributed by atoms with van der Waals surface area (Å²) in [5.74, 6) is 1.07. The highest BCUT2D eigenvalue weighted by Gasteiger charge is 2.25. The fourth-order valence-corrected chi connectivity index (χ4v) is 3.59. The predicted molar refractivity (Wildman–Crippen MR) is 100 cm³/mol. The van der Waals surface area contributed by atoms with Crippen LogP contribution in [-0.2, 0) is 4.79 Å². The molecule has 1 aromatic carbocycles. The molecule has 2 heterocycles. The molecule has 1 aromatic rings. The summed E-state index contributed by atoms with van der Waals surface area (Å²) < 4.78 is 5.42. The maximum atomic E-state index is 12.6. The van der Waals surface area contributed by atoms with E-state index in [9.17, 15) is 9.59 Å². The number of piperidine rings is 1. The highest BCUT2D eigenvalue weighted by Crippen LogP contribution is 2.15. The van der Waals surface area contributed by atoms with E-state index in [2.05, 4.69) is 4.90 Å². The minimum absolute atomic E-state index is 0.0510. The maximum Gasteiger partial charge on any atom is 0.253 e. The van der Waals surface area contributed by atoms with Crippen molar-refractivity contribution in [3.8, 4) is 5.75 Å². The fourth-order valence-electron chi connectivity index (χ4n) is 3.59. The van der Waals surface area contributed by atoms with Crippen LogP contribution in [0.25, 0.3) is 0 Å². The van der Waals surface area contributed by atoms with E-state index in [4.69, 9.17) is 4.74 Å². The Balaban J connectivity index is 1.46. The maximum absolute atomic E-state index is 12.6. The summed E-state index contributed by atoms with van der Waals surface area (Å²) in [6.07, 6.45) is 3.47. The molecule has 3 rings (SSSR count). The number of piperazine rings is 1. The van der Waals surface area contributed by atoms with E-state index in [0.29, 0.717) is 31.8 Å². The van der Waals surface area contributed by atoms with Crippen molar-refractivity contribution >= 4 is 11.8 Å². The Labute approximate surface area is 155 Å². The van der Waals surface area contributed by atoms with Crippen molar-refractivity contribution < 1.29 is 14.3 Å². The van der Waals surface area contributed by atoms with Crippen LogP contribution in [0.4, 0.5) is 0 Å². The molecule has 0 N–H and O–H groups in total. The SMILES string of the molecule is CCOc1ccc(C(=O)N2CCN(CC(=O)N3CCCCC3)CC2)cc1. The van der Waals surface area contributed by atoms with Gasteiger partial charge in [0.15, 0.2) is 0 Å². The Bertz CT molecular complexity index is 603. The Morgan fingerprint density at radius 1 is 0.885 bits per heavy atom. The van der Waals surface area contributed by atoms with E-state index in [-0.39, 0.29) is 11.8 Å². The Morgan fingerprint density at radius 2 is 1.54 bits per heavy atom. The smallest absolute Gasteiger partial charge is 0.253 e. The Kier molecular flexibility index (Phi) is 6.50. The highest BCUT2D eigenvalue weighted by atomic mass is 16.5. The normalized spacial score (nSPS) is 18.7. The van der Waals surface area contributed by atoms with Crippen molar-refractivity contribution in [2.45, 2.75) is 26.2 Å². The van der Waals surface area contributed by atoms with E-state index < -0.39 is 0 Å². The summed E-state index contributed by atoms with van der Waals surface area (Å²) >= 11 is 0. The lowest BCUT2D eigenvalue weighted by molar-refractivity contribution is -0.133. The van der Waals surface area contributed by atoms with Crippen LogP contribution in [0.1, 0.15) is 36.5 Å². The van der Waals surface area contributed by atoms with Crippen LogP contribution >= 0.6 is 0 Å². The summed E-state index contributed by atoms with van der Waals surface area (Å²) in [6.45, 7) is 7.67. The van der Waals surface area contributed by atoms with Gasteiger partial charge < -0.3 is 14.5 Å². The molecule has 2 aliphatic heterocycles. The van der Waals surface area contributed by atoms with Crippen LogP contribution in [-0.4, -0.2) is 78.9 Å². The van der Waals surface area contributed by atoms with Gasteiger partial charge in [-0.3, -0.25) is 14.5 Å². The van der Waals surface area contributed by atoms with Crippen molar-refractivity contribution in [3.63, 3.8) is 0 Å². The zero-order valence-electron chi connectivity index (χ0n) is 15.7. The Morgan fingerprint density at radius 3 is 2.15 bits per heavy atom. The van der Waals surface area contributed by atoms with Gasteiger partial charge in [-0.15, -0.1) is 0 Å². The molecule has 2 amide bonds. The molecular weight excluding hydrogens is 330 g/mol. The first-order valence-electron chi connectivity index (χ1n) is 9.69. The fraction of sp³-hybridized carbons (Fsp3) is 0.600. The van der Waals surface area contributed by atoms with Crippen LogP contribution in [0.2, 0.25) is 0 Å². The average Bonchev–Trinajstić information content (AvgIpc) is 2.69. The van der Waals surface area contributed by atoms with Gasteiger partial charge >= 0.3 is 0 Å². The molecule has 0 saturated carbocycles. The summed E-state index contributed by atoms with van der Waals surface area (Å²) in [5, 5.41) is 0. The monoisotopic (exact) mass is 359 g/mol. The molecule has 2 saturated heterocycles. The van der Waals surface area contributed by atoms with Crippen molar-refractivity contribution in [1.29, 1.82) is 0 Å². The molecule has 26 heavy (non-hydrogen) atoms. The number of hydrogen-bond acceptors (Lipinski definition) is 4. The Hall–Kier alpha value is -2.08.